The number of aromatic nitrogens is 1. The average Bonchev–Trinajstić information content (AvgIpc) is 2.41. The second-order valence-corrected chi connectivity index (χ2v) is 4.63. The lowest BCUT2D eigenvalue weighted by Gasteiger charge is -2.21. The molecule has 2 rings (SSSR count). The Kier molecular flexibility index (Phi) is 4.18. The van der Waals surface area contributed by atoms with Crippen LogP contribution < -0.4 is 10.6 Å². The van der Waals surface area contributed by atoms with Gasteiger partial charge in [0.1, 0.15) is 0 Å². The molecule has 0 spiro atoms. The molecular weight excluding hydrogens is 246 g/mol. The molecule has 2 aromatic rings. The summed E-state index contributed by atoms with van der Waals surface area (Å²) in [6.07, 6.45) is 3.61. The Morgan fingerprint density at radius 3 is 2.61 bits per heavy atom. The van der Waals surface area contributed by atoms with Crippen molar-refractivity contribution in [2.45, 2.75) is 13.1 Å². The Morgan fingerprint density at radius 2 is 1.94 bits per heavy atom. The standard InChI is InChI=1S/C14H16ClN3/c1-18(10-11-2-4-13(15)5-3-11)14-9-17-7-6-12(14)8-16/h2-7,9H,8,10,16H2,1H3. The summed E-state index contributed by atoms with van der Waals surface area (Å²) in [5.74, 6) is 0. The van der Waals surface area contributed by atoms with Gasteiger partial charge in [0.05, 0.1) is 11.9 Å². The first-order valence-corrected chi connectivity index (χ1v) is 6.17. The van der Waals surface area contributed by atoms with Crippen molar-refractivity contribution in [2.75, 3.05) is 11.9 Å². The molecule has 0 aliphatic heterocycles. The molecule has 18 heavy (non-hydrogen) atoms. The summed E-state index contributed by atoms with van der Waals surface area (Å²) in [4.78, 5) is 6.29. The number of hydrogen-bond acceptors (Lipinski definition) is 3. The third-order valence-corrected chi connectivity index (χ3v) is 3.10. The van der Waals surface area contributed by atoms with Crippen LogP contribution in [0.2, 0.25) is 5.02 Å². The van der Waals surface area contributed by atoms with Crippen LogP contribution in [0, 0.1) is 0 Å². The van der Waals surface area contributed by atoms with Gasteiger partial charge >= 0.3 is 0 Å². The molecule has 1 heterocycles. The second-order valence-electron chi connectivity index (χ2n) is 4.19. The van der Waals surface area contributed by atoms with E-state index in [-0.39, 0.29) is 0 Å². The van der Waals surface area contributed by atoms with Gasteiger partial charge in [-0.2, -0.15) is 0 Å². The van der Waals surface area contributed by atoms with E-state index in [2.05, 4.69) is 9.88 Å². The lowest BCUT2D eigenvalue weighted by molar-refractivity contribution is 0.897. The molecule has 2 N–H and O–H groups in total. The van der Waals surface area contributed by atoms with E-state index in [0.29, 0.717) is 6.54 Å². The SMILES string of the molecule is CN(Cc1ccc(Cl)cc1)c1cnccc1CN. The third kappa shape index (κ3) is 3.00. The summed E-state index contributed by atoms with van der Waals surface area (Å²) in [5, 5.41) is 0.755. The highest BCUT2D eigenvalue weighted by molar-refractivity contribution is 6.30. The predicted molar refractivity (Wildman–Crippen MR) is 75.7 cm³/mol. The van der Waals surface area contributed by atoms with Crippen LogP contribution in [-0.4, -0.2) is 12.0 Å². The lowest BCUT2D eigenvalue weighted by Crippen LogP contribution is -2.19. The van der Waals surface area contributed by atoms with E-state index < -0.39 is 0 Å². The summed E-state index contributed by atoms with van der Waals surface area (Å²) < 4.78 is 0. The first kappa shape index (κ1) is 12.9. The minimum atomic E-state index is 0.517. The highest BCUT2D eigenvalue weighted by Crippen LogP contribution is 2.20. The van der Waals surface area contributed by atoms with Crippen molar-refractivity contribution in [1.82, 2.24) is 4.98 Å². The Balaban J connectivity index is 2.16. The van der Waals surface area contributed by atoms with Gasteiger partial charge in [0.2, 0.25) is 0 Å². The van der Waals surface area contributed by atoms with Gasteiger partial charge in [0.25, 0.3) is 0 Å². The molecule has 0 radical (unpaired) electrons. The zero-order valence-corrected chi connectivity index (χ0v) is 11.1. The van der Waals surface area contributed by atoms with Crippen LogP contribution in [0.4, 0.5) is 5.69 Å². The van der Waals surface area contributed by atoms with Gasteiger partial charge in [-0.05, 0) is 29.3 Å². The van der Waals surface area contributed by atoms with Crippen LogP contribution >= 0.6 is 11.6 Å². The van der Waals surface area contributed by atoms with Gasteiger partial charge in [-0.1, -0.05) is 23.7 Å². The maximum absolute atomic E-state index is 5.87. The molecule has 0 fully saturated rings. The number of halogens is 1. The molecule has 1 aromatic carbocycles. The second kappa shape index (κ2) is 5.85. The van der Waals surface area contributed by atoms with Crippen molar-refractivity contribution in [3.63, 3.8) is 0 Å². The van der Waals surface area contributed by atoms with E-state index in [1.807, 2.05) is 43.6 Å². The monoisotopic (exact) mass is 261 g/mol. The summed E-state index contributed by atoms with van der Waals surface area (Å²) in [6, 6.07) is 9.80. The van der Waals surface area contributed by atoms with Crippen molar-refractivity contribution in [3.8, 4) is 0 Å². The lowest BCUT2D eigenvalue weighted by atomic mass is 10.1. The van der Waals surface area contributed by atoms with Crippen LogP contribution in [0.15, 0.2) is 42.7 Å². The summed E-state index contributed by atoms with van der Waals surface area (Å²) >= 11 is 5.87. The zero-order chi connectivity index (χ0) is 13.0. The van der Waals surface area contributed by atoms with Crippen molar-refractivity contribution in [1.29, 1.82) is 0 Å². The normalized spacial score (nSPS) is 10.4. The zero-order valence-electron chi connectivity index (χ0n) is 10.3. The number of hydrogen-bond donors (Lipinski definition) is 1. The largest absolute Gasteiger partial charge is 0.369 e. The molecule has 0 aliphatic rings. The highest BCUT2D eigenvalue weighted by atomic mass is 35.5. The Hall–Kier alpha value is -1.58. The van der Waals surface area contributed by atoms with Crippen molar-refractivity contribution < 1.29 is 0 Å². The van der Waals surface area contributed by atoms with Crippen molar-refractivity contribution in [3.05, 3.63) is 58.9 Å². The van der Waals surface area contributed by atoms with Gasteiger partial charge in [0.15, 0.2) is 0 Å². The quantitative estimate of drug-likeness (QED) is 0.920. The first-order chi connectivity index (χ1) is 8.70. The predicted octanol–water partition coefficient (Wildman–Crippen LogP) is 2.83. The number of nitrogens with two attached hydrogens (primary N) is 1. The maximum atomic E-state index is 5.87. The van der Waals surface area contributed by atoms with Gasteiger partial charge < -0.3 is 10.6 Å². The minimum absolute atomic E-state index is 0.517. The average molecular weight is 262 g/mol. The van der Waals surface area contributed by atoms with E-state index in [1.165, 1.54) is 5.56 Å². The molecule has 1 aromatic heterocycles. The highest BCUT2D eigenvalue weighted by Gasteiger charge is 2.06. The van der Waals surface area contributed by atoms with Crippen LogP contribution in [0.3, 0.4) is 0 Å². The van der Waals surface area contributed by atoms with Crippen LogP contribution in [0.5, 0.6) is 0 Å². The molecule has 94 valence electrons. The number of anilines is 1. The molecule has 0 saturated heterocycles. The molecule has 0 aliphatic carbocycles. The fraction of sp³-hybridized carbons (Fsp3) is 0.214. The number of nitrogens with zero attached hydrogens (tertiary/aromatic N) is 2. The molecule has 0 bridgehead atoms. The summed E-state index contributed by atoms with van der Waals surface area (Å²) in [5.41, 5.74) is 9.10. The first-order valence-electron chi connectivity index (χ1n) is 5.79. The topological polar surface area (TPSA) is 42.2 Å². The minimum Gasteiger partial charge on any atom is -0.369 e. The smallest absolute Gasteiger partial charge is 0.0598 e. The number of rotatable bonds is 4. The Morgan fingerprint density at radius 1 is 1.22 bits per heavy atom. The van der Waals surface area contributed by atoms with Gasteiger partial charge in [-0.15, -0.1) is 0 Å². The molecule has 3 nitrogen and oxygen atoms in total. The number of benzene rings is 1. The maximum Gasteiger partial charge on any atom is 0.0598 e. The van der Waals surface area contributed by atoms with Crippen LogP contribution in [-0.2, 0) is 13.1 Å². The summed E-state index contributed by atoms with van der Waals surface area (Å²) in [7, 11) is 2.03. The van der Waals surface area contributed by atoms with Crippen LogP contribution in [0.1, 0.15) is 11.1 Å². The molecule has 0 saturated carbocycles. The van der Waals surface area contributed by atoms with E-state index in [0.717, 1.165) is 22.8 Å². The molecule has 0 atom stereocenters. The van der Waals surface area contributed by atoms with Gasteiger partial charge in [0, 0.05) is 31.4 Å². The third-order valence-electron chi connectivity index (χ3n) is 2.85. The molecule has 0 amide bonds. The Labute approximate surface area is 112 Å². The van der Waals surface area contributed by atoms with Crippen LogP contribution in [0.25, 0.3) is 0 Å². The fourth-order valence-corrected chi connectivity index (χ4v) is 2.01. The fourth-order valence-electron chi connectivity index (χ4n) is 1.88. The number of pyridine rings is 1. The molecular formula is C14H16ClN3. The van der Waals surface area contributed by atoms with E-state index in [4.69, 9.17) is 17.3 Å². The van der Waals surface area contributed by atoms with Crippen molar-refractivity contribution >= 4 is 17.3 Å². The van der Waals surface area contributed by atoms with Gasteiger partial charge in [-0.25, -0.2) is 0 Å². The van der Waals surface area contributed by atoms with Gasteiger partial charge in [-0.3, -0.25) is 4.98 Å². The van der Waals surface area contributed by atoms with E-state index >= 15 is 0 Å². The van der Waals surface area contributed by atoms with Crippen molar-refractivity contribution in [2.24, 2.45) is 5.73 Å². The Bertz CT molecular complexity index is 511. The van der Waals surface area contributed by atoms with E-state index in [9.17, 15) is 0 Å². The van der Waals surface area contributed by atoms with E-state index in [1.54, 1.807) is 6.20 Å². The summed E-state index contributed by atoms with van der Waals surface area (Å²) in [6.45, 7) is 1.32. The molecule has 4 heteroatoms. The molecule has 0 unspecified atom stereocenters.